The van der Waals surface area contributed by atoms with E-state index in [-0.39, 0.29) is 0 Å². The summed E-state index contributed by atoms with van der Waals surface area (Å²) in [4.78, 5) is 2.80. The number of nitrogens with one attached hydrogen (secondary N) is 1. The number of hydrogen-bond donors (Lipinski definition) is 1. The van der Waals surface area contributed by atoms with Crippen LogP contribution >= 0.6 is 0 Å². The standard InChI is InChI=1S/C16H32N2/c1-5-16(6-2)13-18(11-10-17-16)14-8-7-9-15(3,4)12-14/h14,17H,5-13H2,1-4H3. The van der Waals surface area contributed by atoms with Gasteiger partial charge < -0.3 is 5.32 Å². The van der Waals surface area contributed by atoms with E-state index in [4.69, 9.17) is 0 Å². The van der Waals surface area contributed by atoms with Crippen LogP contribution in [-0.2, 0) is 0 Å². The van der Waals surface area contributed by atoms with Crippen LogP contribution in [0.3, 0.4) is 0 Å². The third-order valence-corrected chi connectivity index (χ3v) is 5.45. The molecule has 1 aliphatic carbocycles. The molecule has 0 aromatic rings. The maximum atomic E-state index is 3.78. The molecule has 2 nitrogen and oxygen atoms in total. The Hall–Kier alpha value is -0.0800. The predicted molar refractivity (Wildman–Crippen MR) is 78.9 cm³/mol. The van der Waals surface area contributed by atoms with Gasteiger partial charge in [-0.2, -0.15) is 0 Å². The lowest BCUT2D eigenvalue weighted by molar-refractivity contribution is 0.0403. The smallest absolute Gasteiger partial charge is 0.0304 e. The quantitative estimate of drug-likeness (QED) is 0.828. The Balaban J connectivity index is 2.00. The second-order valence-corrected chi connectivity index (χ2v) is 7.30. The molecule has 1 unspecified atom stereocenters. The van der Waals surface area contributed by atoms with Crippen LogP contribution in [0.5, 0.6) is 0 Å². The van der Waals surface area contributed by atoms with Gasteiger partial charge in [0.15, 0.2) is 0 Å². The van der Waals surface area contributed by atoms with Gasteiger partial charge in [0.1, 0.15) is 0 Å². The van der Waals surface area contributed by atoms with Gasteiger partial charge in [-0.05, 0) is 37.5 Å². The summed E-state index contributed by atoms with van der Waals surface area (Å²) < 4.78 is 0. The fraction of sp³-hybridized carbons (Fsp3) is 1.00. The molecule has 2 aliphatic rings. The highest BCUT2D eigenvalue weighted by molar-refractivity contribution is 4.96. The van der Waals surface area contributed by atoms with Gasteiger partial charge in [-0.25, -0.2) is 0 Å². The Kier molecular flexibility index (Phi) is 4.38. The third-order valence-electron chi connectivity index (χ3n) is 5.45. The van der Waals surface area contributed by atoms with E-state index in [0.29, 0.717) is 11.0 Å². The van der Waals surface area contributed by atoms with E-state index in [2.05, 4.69) is 37.9 Å². The lowest BCUT2D eigenvalue weighted by Crippen LogP contribution is -2.62. The molecule has 0 radical (unpaired) electrons. The molecule has 1 N–H and O–H groups in total. The normalized spacial score (nSPS) is 32.3. The van der Waals surface area contributed by atoms with E-state index in [9.17, 15) is 0 Å². The summed E-state index contributed by atoms with van der Waals surface area (Å²) in [5, 5.41) is 3.78. The minimum absolute atomic E-state index is 0.389. The highest BCUT2D eigenvalue weighted by Crippen LogP contribution is 2.38. The van der Waals surface area contributed by atoms with Gasteiger partial charge in [-0.15, -0.1) is 0 Å². The van der Waals surface area contributed by atoms with E-state index < -0.39 is 0 Å². The van der Waals surface area contributed by atoms with Crippen molar-refractivity contribution < 1.29 is 0 Å². The van der Waals surface area contributed by atoms with Crippen LogP contribution in [0.2, 0.25) is 0 Å². The predicted octanol–water partition coefficient (Wildman–Crippen LogP) is 3.42. The highest BCUT2D eigenvalue weighted by Gasteiger charge is 2.37. The van der Waals surface area contributed by atoms with Crippen molar-refractivity contribution in [2.45, 2.75) is 77.8 Å². The first-order valence-electron chi connectivity index (χ1n) is 7.99. The van der Waals surface area contributed by atoms with E-state index in [0.717, 1.165) is 6.04 Å². The van der Waals surface area contributed by atoms with Crippen molar-refractivity contribution >= 4 is 0 Å². The first-order chi connectivity index (χ1) is 8.50. The molecule has 0 amide bonds. The molecule has 2 fully saturated rings. The average Bonchev–Trinajstić information content (AvgIpc) is 2.37. The lowest BCUT2D eigenvalue weighted by atomic mass is 9.74. The van der Waals surface area contributed by atoms with Crippen LogP contribution in [0, 0.1) is 5.41 Å². The van der Waals surface area contributed by atoms with Crippen molar-refractivity contribution in [2.24, 2.45) is 5.41 Å². The molecule has 0 bridgehead atoms. The van der Waals surface area contributed by atoms with Crippen molar-refractivity contribution in [1.82, 2.24) is 10.2 Å². The Morgan fingerprint density at radius 2 is 1.94 bits per heavy atom. The van der Waals surface area contributed by atoms with E-state index >= 15 is 0 Å². The molecular formula is C16H32N2. The molecular weight excluding hydrogens is 220 g/mol. The molecule has 1 atom stereocenters. The van der Waals surface area contributed by atoms with Crippen LogP contribution in [0.25, 0.3) is 0 Å². The summed E-state index contributed by atoms with van der Waals surface area (Å²) in [6, 6.07) is 0.841. The molecule has 1 saturated heterocycles. The van der Waals surface area contributed by atoms with E-state index in [1.807, 2.05) is 0 Å². The number of nitrogens with zero attached hydrogens (tertiary/aromatic N) is 1. The minimum Gasteiger partial charge on any atom is -0.309 e. The van der Waals surface area contributed by atoms with E-state index in [1.165, 1.54) is 58.2 Å². The molecule has 2 heteroatoms. The Labute approximate surface area is 114 Å². The van der Waals surface area contributed by atoms with Crippen molar-refractivity contribution in [3.63, 3.8) is 0 Å². The summed E-state index contributed by atoms with van der Waals surface area (Å²) in [5.74, 6) is 0. The second-order valence-electron chi connectivity index (χ2n) is 7.30. The number of hydrogen-bond acceptors (Lipinski definition) is 2. The van der Waals surface area contributed by atoms with Crippen LogP contribution in [0.4, 0.5) is 0 Å². The zero-order chi connectivity index (χ0) is 13.2. The van der Waals surface area contributed by atoms with Crippen LogP contribution < -0.4 is 5.32 Å². The number of rotatable bonds is 3. The molecule has 0 aromatic carbocycles. The number of piperazine rings is 1. The van der Waals surface area contributed by atoms with Gasteiger partial charge in [0.2, 0.25) is 0 Å². The largest absolute Gasteiger partial charge is 0.309 e. The topological polar surface area (TPSA) is 15.3 Å². The zero-order valence-corrected chi connectivity index (χ0v) is 12.9. The third kappa shape index (κ3) is 3.08. The first kappa shape index (κ1) is 14.3. The van der Waals surface area contributed by atoms with E-state index in [1.54, 1.807) is 0 Å². The minimum atomic E-state index is 0.389. The summed E-state index contributed by atoms with van der Waals surface area (Å²) in [6.45, 7) is 13.3. The summed E-state index contributed by atoms with van der Waals surface area (Å²) >= 11 is 0. The SMILES string of the molecule is CCC1(CC)CN(C2CCCC(C)(C)C2)CCN1. The van der Waals surface area contributed by atoms with Crippen LogP contribution in [0.1, 0.15) is 66.2 Å². The summed E-state index contributed by atoms with van der Waals surface area (Å²) in [5.41, 5.74) is 0.953. The lowest BCUT2D eigenvalue weighted by Gasteiger charge is -2.49. The Morgan fingerprint density at radius 1 is 1.22 bits per heavy atom. The van der Waals surface area contributed by atoms with Gasteiger partial charge in [-0.1, -0.05) is 34.1 Å². The van der Waals surface area contributed by atoms with Gasteiger partial charge in [-0.3, -0.25) is 4.90 Å². The molecule has 0 spiro atoms. The highest BCUT2D eigenvalue weighted by atomic mass is 15.2. The Bertz CT molecular complexity index is 268. The Morgan fingerprint density at radius 3 is 2.56 bits per heavy atom. The second kappa shape index (κ2) is 5.50. The monoisotopic (exact) mass is 252 g/mol. The van der Waals surface area contributed by atoms with Crippen molar-refractivity contribution in [1.29, 1.82) is 0 Å². The summed E-state index contributed by atoms with van der Waals surface area (Å²) in [6.07, 6.45) is 8.19. The van der Waals surface area contributed by atoms with Crippen molar-refractivity contribution in [3.8, 4) is 0 Å². The van der Waals surface area contributed by atoms with Crippen LogP contribution in [-0.4, -0.2) is 36.1 Å². The molecule has 1 aliphatic heterocycles. The van der Waals surface area contributed by atoms with Gasteiger partial charge in [0.05, 0.1) is 0 Å². The fourth-order valence-electron chi connectivity index (χ4n) is 3.99. The van der Waals surface area contributed by atoms with Gasteiger partial charge in [0.25, 0.3) is 0 Å². The zero-order valence-electron chi connectivity index (χ0n) is 12.9. The maximum absolute atomic E-state index is 3.78. The summed E-state index contributed by atoms with van der Waals surface area (Å²) in [7, 11) is 0. The van der Waals surface area contributed by atoms with Gasteiger partial charge >= 0.3 is 0 Å². The molecule has 0 aromatic heterocycles. The van der Waals surface area contributed by atoms with Crippen molar-refractivity contribution in [3.05, 3.63) is 0 Å². The molecule has 1 heterocycles. The van der Waals surface area contributed by atoms with Crippen molar-refractivity contribution in [2.75, 3.05) is 19.6 Å². The fourth-order valence-corrected chi connectivity index (χ4v) is 3.99. The molecule has 1 saturated carbocycles. The van der Waals surface area contributed by atoms with Gasteiger partial charge in [0, 0.05) is 31.2 Å². The maximum Gasteiger partial charge on any atom is 0.0304 e. The first-order valence-corrected chi connectivity index (χ1v) is 7.99. The van der Waals surface area contributed by atoms with Crippen LogP contribution in [0.15, 0.2) is 0 Å². The average molecular weight is 252 g/mol. The molecule has 2 rings (SSSR count). The molecule has 18 heavy (non-hydrogen) atoms. The molecule has 106 valence electrons.